The van der Waals surface area contributed by atoms with Crippen molar-refractivity contribution in [2.75, 3.05) is 0 Å². The van der Waals surface area contributed by atoms with E-state index in [1.807, 2.05) is 60.7 Å². The van der Waals surface area contributed by atoms with E-state index < -0.39 is 0 Å². The Hall–Kier alpha value is -3.90. The van der Waals surface area contributed by atoms with Crippen molar-refractivity contribution in [2.45, 2.75) is 53.9 Å². The van der Waals surface area contributed by atoms with E-state index in [9.17, 15) is 0 Å². The summed E-state index contributed by atoms with van der Waals surface area (Å²) >= 11 is 0. The second kappa shape index (κ2) is 22.3. The summed E-state index contributed by atoms with van der Waals surface area (Å²) in [5, 5.41) is 0. The van der Waals surface area contributed by atoms with Gasteiger partial charge in [0.1, 0.15) is 0 Å². The van der Waals surface area contributed by atoms with Gasteiger partial charge < -0.3 is 0 Å². The van der Waals surface area contributed by atoms with Gasteiger partial charge in [-0.3, -0.25) is 0 Å². The Kier molecular flexibility index (Phi) is 18.9. The van der Waals surface area contributed by atoms with Crippen LogP contribution >= 0.6 is 0 Å². The van der Waals surface area contributed by atoms with E-state index in [0.29, 0.717) is 0 Å². The fraction of sp³-hybridized carbons (Fsp3) is 0.211. The van der Waals surface area contributed by atoms with Crippen molar-refractivity contribution in [1.82, 2.24) is 0 Å². The molecular formula is C38H46. The van der Waals surface area contributed by atoms with E-state index in [1.54, 1.807) is 0 Å². The van der Waals surface area contributed by atoms with Gasteiger partial charge in [0, 0.05) is 0 Å². The Balaban J connectivity index is 0.000000239. The third-order valence-corrected chi connectivity index (χ3v) is 5.46. The molecule has 0 heteroatoms. The van der Waals surface area contributed by atoms with E-state index in [2.05, 4.69) is 126 Å². The van der Waals surface area contributed by atoms with Crippen molar-refractivity contribution in [2.24, 2.45) is 0 Å². The van der Waals surface area contributed by atoms with Crippen LogP contribution in [0.2, 0.25) is 0 Å². The second-order valence-electron chi connectivity index (χ2n) is 9.04. The standard InChI is InChI=1S/C9H12.2C8H10.C7H8.C6H6/c1-2-6-9-7-4-3-5-8-9;1-7-3-5-8(2)6-4-7;1-2-8-6-4-3-5-7-8;1-7-5-3-2-4-6-7;1-2-4-6-5-3-1/h3-5,7-8H,2,6H2,1H3;3-6H,1-2H3;3-7H,2H2,1H3;2-6H,1H3;1-6H. The van der Waals surface area contributed by atoms with Gasteiger partial charge in [0.05, 0.1) is 0 Å². The number of rotatable bonds is 3. The minimum Gasteiger partial charge on any atom is -0.0651 e. The average Bonchev–Trinajstić information content (AvgIpc) is 2.98. The second-order valence-corrected chi connectivity index (χ2v) is 9.04. The van der Waals surface area contributed by atoms with Gasteiger partial charge in [-0.2, -0.15) is 0 Å². The highest BCUT2D eigenvalue weighted by Gasteiger charge is 1.84. The summed E-state index contributed by atoms with van der Waals surface area (Å²) in [5.74, 6) is 0. The number of aryl methyl sites for hydroxylation is 5. The molecule has 0 atom stereocenters. The van der Waals surface area contributed by atoms with Gasteiger partial charge in [-0.05, 0) is 44.7 Å². The lowest BCUT2D eigenvalue weighted by molar-refractivity contribution is 0.922. The van der Waals surface area contributed by atoms with Crippen molar-refractivity contribution >= 4 is 0 Å². The molecule has 198 valence electrons. The molecule has 38 heavy (non-hydrogen) atoms. The summed E-state index contributed by atoms with van der Waals surface area (Å²) < 4.78 is 0. The van der Waals surface area contributed by atoms with Gasteiger partial charge >= 0.3 is 0 Å². The summed E-state index contributed by atoms with van der Waals surface area (Å²) in [5.41, 5.74) is 6.83. The predicted molar refractivity (Wildman–Crippen MR) is 170 cm³/mol. The van der Waals surface area contributed by atoms with Crippen molar-refractivity contribution in [3.8, 4) is 0 Å². The predicted octanol–water partition coefficient (Wildman–Crippen LogP) is 10.9. The van der Waals surface area contributed by atoms with Gasteiger partial charge in [-0.25, -0.2) is 0 Å². The van der Waals surface area contributed by atoms with Crippen molar-refractivity contribution < 1.29 is 0 Å². The summed E-state index contributed by atoms with van der Waals surface area (Å²) in [6.07, 6.45) is 3.59. The summed E-state index contributed by atoms with van der Waals surface area (Å²) in [4.78, 5) is 0. The van der Waals surface area contributed by atoms with Gasteiger partial charge in [0.25, 0.3) is 0 Å². The first-order valence-electron chi connectivity index (χ1n) is 13.7. The highest BCUT2D eigenvalue weighted by molar-refractivity contribution is 5.19. The maximum Gasteiger partial charge on any atom is -0.0281 e. The topological polar surface area (TPSA) is 0 Å². The molecule has 0 fully saturated rings. The summed E-state index contributed by atoms with van der Waals surface area (Å²) in [6.45, 7) is 10.6. The third-order valence-electron chi connectivity index (χ3n) is 5.46. The van der Waals surface area contributed by atoms with Crippen LogP contribution in [-0.4, -0.2) is 0 Å². The van der Waals surface area contributed by atoms with Crippen molar-refractivity contribution in [3.05, 3.63) is 179 Å². The van der Waals surface area contributed by atoms with Gasteiger partial charge in [0.15, 0.2) is 0 Å². The molecule has 0 amide bonds. The highest BCUT2D eigenvalue weighted by Crippen LogP contribution is 2.01. The lowest BCUT2D eigenvalue weighted by atomic mass is 10.1. The first-order chi connectivity index (χ1) is 18.5. The quantitative estimate of drug-likeness (QED) is 0.230. The molecule has 0 aliphatic carbocycles. The normalized spacial score (nSPS) is 8.97. The van der Waals surface area contributed by atoms with Crippen LogP contribution in [0.25, 0.3) is 0 Å². The lowest BCUT2D eigenvalue weighted by Gasteiger charge is -1.93. The van der Waals surface area contributed by atoms with Crippen LogP contribution in [0.1, 0.15) is 48.1 Å². The summed E-state index contributed by atoms with van der Waals surface area (Å²) in [6, 6.07) is 51.8. The van der Waals surface area contributed by atoms with Gasteiger partial charge in [0.2, 0.25) is 0 Å². The Morgan fingerprint density at radius 1 is 0.342 bits per heavy atom. The maximum atomic E-state index is 2.20. The molecule has 5 rings (SSSR count). The zero-order valence-corrected chi connectivity index (χ0v) is 24.1. The Labute approximate surface area is 233 Å². The minimum atomic E-state index is 1.14. The van der Waals surface area contributed by atoms with Crippen LogP contribution in [0.3, 0.4) is 0 Å². The van der Waals surface area contributed by atoms with Crippen LogP contribution in [-0.2, 0) is 12.8 Å². The van der Waals surface area contributed by atoms with E-state index in [4.69, 9.17) is 0 Å². The Bertz CT molecular complexity index is 1080. The average molecular weight is 503 g/mol. The zero-order chi connectivity index (χ0) is 27.7. The smallest absolute Gasteiger partial charge is 0.0281 e. The first-order valence-corrected chi connectivity index (χ1v) is 13.7. The molecule has 0 radical (unpaired) electrons. The van der Waals surface area contributed by atoms with Crippen molar-refractivity contribution in [3.63, 3.8) is 0 Å². The first kappa shape index (κ1) is 32.1. The minimum absolute atomic E-state index is 1.14. The molecular weight excluding hydrogens is 456 g/mol. The highest BCUT2D eigenvalue weighted by atomic mass is 13.9. The van der Waals surface area contributed by atoms with E-state index >= 15 is 0 Å². The molecule has 0 nitrogen and oxygen atoms in total. The van der Waals surface area contributed by atoms with E-state index in [-0.39, 0.29) is 0 Å². The van der Waals surface area contributed by atoms with Gasteiger partial charge in [-0.15, -0.1) is 0 Å². The largest absolute Gasteiger partial charge is 0.0651 e. The molecule has 0 bridgehead atoms. The monoisotopic (exact) mass is 502 g/mol. The van der Waals surface area contributed by atoms with E-state index in [0.717, 1.165) is 6.42 Å². The van der Waals surface area contributed by atoms with Crippen LogP contribution < -0.4 is 0 Å². The molecule has 5 aromatic carbocycles. The van der Waals surface area contributed by atoms with Crippen LogP contribution in [0, 0.1) is 20.8 Å². The van der Waals surface area contributed by atoms with Crippen LogP contribution in [0.15, 0.2) is 152 Å². The molecule has 0 unspecified atom stereocenters. The fourth-order valence-electron chi connectivity index (χ4n) is 3.20. The number of hydrogen-bond acceptors (Lipinski definition) is 0. The Morgan fingerprint density at radius 3 is 0.895 bits per heavy atom. The molecule has 0 aliphatic heterocycles. The molecule has 0 aromatic heterocycles. The maximum absolute atomic E-state index is 2.20. The molecule has 0 heterocycles. The van der Waals surface area contributed by atoms with Crippen LogP contribution in [0.4, 0.5) is 0 Å². The van der Waals surface area contributed by atoms with Gasteiger partial charge in [-0.1, -0.05) is 189 Å². The van der Waals surface area contributed by atoms with Crippen LogP contribution in [0.5, 0.6) is 0 Å². The third kappa shape index (κ3) is 18.4. The SMILES string of the molecule is CCCc1ccccc1.CCc1ccccc1.Cc1ccc(C)cc1.Cc1ccccc1.c1ccccc1. The molecule has 0 N–H and O–H groups in total. The number of benzene rings is 5. The van der Waals surface area contributed by atoms with Crippen molar-refractivity contribution in [1.29, 1.82) is 0 Å². The molecule has 0 aliphatic rings. The molecule has 5 aromatic rings. The van der Waals surface area contributed by atoms with E-state index in [1.165, 1.54) is 40.7 Å². The zero-order valence-electron chi connectivity index (χ0n) is 24.1. The fourth-order valence-corrected chi connectivity index (χ4v) is 3.20. The number of hydrogen-bond donors (Lipinski definition) is 0. The molecule has 0 saturated carbocycles. The summed E-state index contributed by atoms with van der Waals surface area (Å²) in [7, 11) is 0. The molecule has 0 spiro atoms. The lowest BCUT2D eigenvalue weighted by Crippen LogP contribution is -1.78. The molecule has 0 saturated heterocycles. The Morgan fingerprint density at radius 2 is 0.632 bits per heavy atom.